The minimum absolute atomic E-state index is 0. The predicted molar refractivity (Wildman–Crippen MR) is 8.78 cm³/mol. The van der Waals surface area contributed by atoms with E-state index in [1.54, 1.807) is 0 Å². The van der Waals surface area contributed by atoms with E-state index in [1.807, 2.05) is 0 Å². The van der Waals surface area contributed by atoms with E-state index in [2.05, 4.69) is 0 Å². The summed E-state index contributed by atoms with van der Waals surface area (Å²) >= 11 is 0. The zero-order chi connectivity index (χ0) is 3.58. The molecule has 0 rings (SSSR count). The van der Waals surface area contributed by atoms with Gasteiger partial charge >= 0.3 is 0 Å². The average Bonchev–Trinajstić information content (AvgIpc) is 0.811. The van der Waals surface area contributed by atoms with E-state index >= 15 is 0 Å². The molecule has 36 valence electrons. The Morgan fingerprint density at radius 2 is 1.80 bits per heavy atom. The summed E-state index contributed by atoms with van der Waals surface area (Å²) in [6.45, 7) is 0. The molecule has 5 heavy (non-hydrogen) atoms. The summed E-state index contributed by atoms with van der Waals surface area (Å²) in [5.74, 6) is 0. The maximum Gasteiger partial charge on any atom is 0.291 e. The van der Waals surface area contributed by atoms with Crippen LogP contribution in [0.4, 0.5) is 0 Å². The normalized spacial score (nSPS) is 4.80. The van der Waals surface area contributed by atoms with Crippen LogP contribution in [0, 0.1) is 47.4 Å². The molecule has 5 heteroatoms. The summed E-state index contributed by atoms with van der Waals surface area (Å²) in [6, 6.07) is 0. The molecule has 0 aromatic rings. The first-order valence-corrected chi connectivity index (χ1v) is 0.565. The van der Waals surface area contributed by atoms with Crippen LogP contribution in [0.25, 0.3) is 0 Å². The third-order valence-corrected chi connectivity index (χ3v) is 0. The van der Waals surface area contributed by atoms with E-state index in [-0.39, 0.29) is 37.3 Å². The molecule has 4 nitrogen and oxygen atoms in total. The third kappa shape index (κ3) is 133. The van der Waals surface area contributed by atoms with Crippen LogP contribution < -0.4 is 0 Å². The molecule has 0 aliphatic rings. The number of nitrogens with zero attached hydrogens (tertiary/aromatic N) is 1. The fraction of sp³-hybridized carbons (Fsp3) is 0. The van der Waals surface area contributed by atoms with Crippen LogP contribution in [0.3, 0.4) is 0 Å². The number of hydrogen-bond donors (Lipinski definition) is 1. The number of hydrogen-bond acceptors (Lipinski definition) is 2. The largest absolute Gasteiger partial charge is 0.328 e. The third-order valence-electron chi connectivity index (χ3n) is 0. The number of rotatable bonds is 0. The minimum atomic E-state index is -1.50. The first-order valence-electron chi connectivity index (χ1n) is 0.565. The molecular formula is HErNO3. The van der Waals surface area contributed by atoms with Crippen LogP contribution in [0.5, 0.6) is 0 Å². The van der Waals surface area contributed by atoms with Gasteiger partial charge in [0.25, 0.3) is 5.09 Å². The van der Waals surface area contributed by atoms with E-state index in [1.165, 1.54) is 0 Å². The Balaban J connectivity index is 0. The topological polar surface area (TPSA) is 63.4 Å². The van der Waals surface area contributed by atoms with Crippen LogP contribution in [-0.2, 0) is 0 Å². The summed E-state index contributed by atoms with van der Waals surface area (Å²) in [5, 5.41) is 13.6. The van der Waals surface area contributed by atoms with Crippen LogP contribution in [0.1, 0.15) is 0 Å². The summed E-state index contributed by atoms with van der Waals surface area (Å²) in [7, 11) is 0. The SMILES string of the molecule is O=[N+]([O-])O.[Er]. The van der Waals surface area contributed by atoms with E-state index in [0.29, 0.717) is 0 Å². The predicted octanol–water partition coefficient (Wildman–Crippen LogP) is -0.348. The standard InChI is InChI=1S/Er.HNO3/c;2-1(3)4/h;(H,2,3,4). The van der Waals surface area contributed by atoms with Gasteiger partial charge in [0.2, 0.25) is 0 Å². The Kier molecular flexibility index (Phi) is 8.06. The van der Waals surface area contributed by atoms with Crippen molar-refractivity contribution < 1.29 is 47.6 Å². The van der Waals surface area contributed by atoms with E-state index in [9.17, 15) is 0 Å². The van der Waals surface area contributed by atoms with Crippen molar-refractivity contribution in [2.75, 3.05) is 0 Å². The van der Waals surface area contributed by atoms with Gasteiger partial charge < -0.3 is 5.21 Å². The van der Waals surface area contributed by atoms with Crippen molar-refractivity contribution in [3.8, 4) is 0 Å². The molecule has 0 radical (unpaired) electrons. The van der Waals surface area contributed by atoms with Crippen molar-refractivity contribution in [2.45, 2.75) is 0 Å². The van der Waals surface area contributed by atoms with Crippen molar-refractivity contribution in [2.24, 2.45) is 0 Å². The van der Waals surface area contributed by atoms with Crippen molar-refractivity contribution in [3.63, 3.8) is 0 Å². The van der Waals surface area contributed by atoms with Gasteiger partial charge in [-0.3, -0.25) is 0 Å². The molecule has 1 N–H and O–H groups in total. The van der Waals surface area contributed by atoms with Gasteiger partial charge in [0.05, 0.1) is 0 Å². The van der Waals surface area contributed by atoms with E-state index < -0.39 is 5.09 Å². The van der Waals surface area contributed by atoms with Crippen molar-refractivity contribution in [1.29, 1.82) is 0 Å². The molecule has 0 saturated heterocycles. The quantitative estimate of drug-likeness (QED) is 0.457. The Morgan fingerprint density at radius 3 is 1.80 bits per heavy atom. The Labute approximate surface area is 57.5 Å². The zero-order valence-electron chi connectivity index (χ0n) is 2.00. The molecule has 0 aliphatic carbocycles. The van der Waals surface area contributed by atoms with Crippen molar-refractivity contribution >= 4 is 0 Å². The second kappa shape index (κ2) is 4.45. The summed E-state index contributed by atoms with van der Waals surface area (Å²) in [4.78, 5) is 8.36. The van der Waals surface area contributed by atoms with Gasteiger partial charge in [-0.1, -0.05) is 0 Å². The second-order valence-corrected chi connectivity index (χ2v) is 0.238. The zero-order valence-corrected chi connectivity index (χ0v) is 3.85. The maximum atomic E-state index is 8.36. The fourth-order valence-corrected chi connectivity index (χ4v) is 0. The van der Waals surface area contributed by atoms with E-state index in [4.69, 9.17) is 15.3 Å². The van der Waals surface area contributed by atoms with Gasteiger partial charge in [-0.2, -0.15) is 0 Å². The molecule has 0 spiro atoms. The summed E-state index contributed by atoms with van der Waals surface area (Å²) < 4.78 is 0. The van der Waals surface area contributed by atoms with Crippen molar-refractivity contribution in [3.05, 3.63) is 10.1 Å². The molecule has 0 aromatic heterocycles. The second-order valence-electron chi connectivity index (χ2n) is 0.238. The summed E-state index contributed by atoms with van der Waals surface area (Å²) in [6.07, 6.45) is 0. The van der Waals surface area contributed by atoms with Gasteiger partial charge in [-0.15, -0.1) is 10.1 Å². The minimum Gasteiger partial charge on any atom is -0.328 e. The molecule has 0 amide bonds. The molecule has 0 heterocycles. The molecule has 0 bridgehead atoms. The van der Waals surface area contributed by atoms with Gasteiger partial charge in [-0.25, -0.2) is 0 Å². The first-order chi connectivity index (χ1) is 1.73. The van der Waals surface area contributed by atoms with E-state index in [0.717, 1.165) is 0 Å². The van der Waals surface area contributed by atoms with Crippen molar-refractivity contribution in [1.82, 2.24) is 0 Å². The summed E-state index contributed by atoms with van der Waals surface area (Å²) in [5.41, 5.74) is 0. The first kappa shape index (κ1) is 9.07. The molecule has 0 atom stereocenters. The fourth-order valence-electron chi connectivity index (χ4n) is 0. The molecule has 0 unspecified atom stereocenters. The van der Waals surface area contributed by atoms with Crippen LogP contribution in [0.2, 0.25) is 0 Å². The molecule has 0 saturated carbocycles. The monoisotopic (exact) mass is 229 g/mol. The van der Waals surface area contributed by atoms with Gasteiger partial charge in [0.1, 0.15) is 0 Å². The maximum absolute atomic E-state index is 8.36. The Bertz CT molecular complexity index is 29.9. The Morgan fingerprint density at radius 1 is 1.80 bits per heavy atom. The van der Waals surface area contributed by atoms with Gasteiger partial charge in [0, 0.05) is 37.3 Å². The molecule has 0 aromatic carbocycles. The van der Waals surface area contributed by atoms with Crippen LogP contribution in [0.15, 0.2) is 0 Å². The molecular weight excluding hydrogens is 229 g/mol. The molecule has 0 fully saturated rings. The van der Waals surface area contributed by atoms with Crippen LogP contribution >= 0.6 is 0 Å². The van der Waals surface area contributed by atoms with Gasteiger partial charge in [-0.05, 0) is 0 Å². The van der Waals surface area contributed by atoms with Crippen LogP contribution in [-0.4, -0.2) is 10.3 Å². The average molecular weight is 230 g/mol. The van der Waals surface area contributed by atoms with Gasteiger partial charge in [0.15, 0.2) is 0 Å². The smallest absolute Gasteiger partial charge is 0.291 e. The Hall–Kier alpha value is 0.447. The molecule has 0 aliphatic heterocycles.